The Bertz CT molecular complexity index is 376. The van der Waals surface area contributed by atoms with Crippen molar-refractivity contribution in [3.8, 4) is 0 Å². The van der Waals surface area contributed by atoms with E-state index in [0.29, 0.717) is 6.54 Å². The number of aliphatic hydroxyl groups excluding tert-OH is 1. The molecule has 0 saturated heterocycles. The first kappa shape index (κ1) is 12.9. The molecule has 16 heavy (non-hydrogen) atoms. The van der Waals surface area contributed by atoms with E-state index in [1.54, 1.807) is 12.4 Å². The predicted octanol–water partition coefficient (Wildman–Crippen LogP) is 1.86. The van der Waals surface area contributed by atoms with E-state index >= 15 is 0 Å². The summed E-state index contributed by atoms with van der Waals surface area (Å²) in [4.78, 5) is 6.06. The molecule has 0 unspecified atom stereocenters. The Morgan fingerprint density at radius 3 is 2.62 bits per heavy atom. The molecule has 1 aromatic heterocycles. The zero-order valence-corrected chi connectivity index (χ0v) is 10.6. The van der Waals surface area contributed by atoms with Crippen LogP contribution in [0.15, 0.2) is 42.9 Å². The molecule has 0 amide bonds. The van der Waals surface area contributed by atoms with Crippen molar-refractivity contribution in [3.05, 3.63) is 48.4 Å². The maximum Gasteiger partial charge on any atom is 0.0606 e. The molecular formula is C12H15BrN2O. The van der Waals surface area contributed by atoms with E-state index in [1.165, 1.54) is 11.1 Å². The Balaban J connectivity index is 0.00000128. The molecule has 0 radical (unpaired) electrons. The van der Waals surface area contributed by atoms with Gasteiger partial charge in [0.1, 0.15) is 0 Å². The number of rotatable bonds is 3. The number of hydrogen-bond donors (Lipinski definition) is 1. The monoisotopic (exact) mass is 282 g/mol. The molecule has 2 heterocycles. The van der Waals surface area contributed by atoms with Gasteiger partial charge >= 0.3 is 0 Å². The Morgan fingerprint density at radius 1 is 1.31 bits per heavy atom. The van der Waals surface area contributed by atoms with Crippen LogP contribution in [0.4, 0.5) is 0 Å². The van der Waals surface area contributed by atoms with Crippen molar-refractivity contribution in [2.24, 2.45) is 0 Å². The summed E-state index contributed by atoms with van der Waals surface area (Å²) in [7, 11) is 0. The number of halogens is 1. The molecule has 0 bridgehead atoms. The molecule has 86 valence electrons. The molecule has 2 rings (SSSR count). The van der Waals surface area contributed by atoms with Crippen molar-refractivity contribution in [1.29, 1.82) is 0 Å². The summed E-state index contributed by atoms with van der Waals surface area (Å²) in [6.45, 7) is 1.74. The number of pyridine rings is 1. The van der Waals surface area contributed by atoms with Gasteiger partial charge in [-0.1, -0.05) is 6.08 Å². The van der Waals surface area contributed by atoms with Crippen LogP contribution >= 0.6 is 17.0 Å². The van der Waals surface area contributed by atoms with Crippen LogP contribution in [0.3, 0.4) is 0 Å². The molecular weight excluding hydrogens is 268 g/mol. The van der Waals surface area contributed by atoms with Crippen LogP contribution in [-0.4, -0.2) is 34.7 Å². The van der Waals surface area contributed by atoms with Crippen LogP contribution in [0, 0.1) is 0 Å². The smallest absolute Gasteiger partial charge is 0.0606 e. The lowest BCUT2D eigenvalue weighted by atomic mass is 10.1. The summed E-state index contributed by atoms with van der Waals surface area (Å²) in [5.41, 5.74) is 2.40. The second-order valence-electron chi connectivity index (χ2n) is 3.43. The summed E-state index contributed by atoms with van der Waals surface area (Å²) in [5, 5.41) is 8.80. The summed E-state index contributed by atoms with van der Waals surface area (Å²) in [6.07, 6.45) is 9.83. The van der Waals surface area contributed by atoms with Crippen LogP contribution < -0.4 is 0 Å². The maximum atomic E-state index is 8.80. The van der Waals surface area contributed by atoms with Gasteiger partial charge in [-0.2, -0.15) is 0 Å². The van der Waals surface area contributed by atoms with Gasteiger partial charge in [0.15, 0.2) is 0 Å². The van der Waals surface area contributed by atoms with E-state index in [2.05, 4.69) is 22.0 Å². The van der Waals surface area contributed by atoms with Crippen molar-refractivity contribution < 1.29 is 5.11 Å². The Labute approximate surface area is 106 Å². The number of β-amino-alcohol motifs (C(OH)–C–C–N with tert-alkyl or cyclic N) is 1. The van der Waals surface area contributed by atoms with Crippen molar-refractivity contribution in [2.45, 2.75) is 0 Å². The number of allylic oxidation sites excluding steroid dienone is 2. The average Bonchev–Trinajstić information content (AvgIpc) is 2.32. The molecule has 1 aliphatic heterocycles. The van der Waals surface area contributed by atoms with E-state index in [-0.39, 0.29) is 23.6 Å². The van der Waals surface area contributed by atoms with Crippen molar-refractivity contribution >= 4 is 22.6 Å². The van der Waals surface area contributed by atoms with Gasteiger partial charge in [0.2, 0.25) is 0 Å². The maximum absolute atomic E-state index is 8.80. The average molecular weight is 283 g/mol. The molecule has 3 nitrogen and oxygen atoms in total. The zero-order chi connectivity index (χ0) is 10.5. The second kappa shape index (κ2) is 6.45. The normalized spacial score (nSPS) is 14.3. The Kier molecular flexibility index (Phi) is 5.22. The lowest BCUT2D eigenvalue weighted by Gasteiger charge is -2.21. The van der Waals surface area contributed by atoms with Gasteiger partial charge in [-0.15, -0.1) is 17.0 Å². The van der Waals surface area contributed by atoms with Crippen molar-refractivity contribution in [1.82, 2.24) is 9.88 Å². The van der Waals surface area contributed by atoms with Gasteiger partial charge in [-0.05, 0) is 29.3 Å². The van der Waals surface area contributed by atoms with Crippen LogP contribution in [0.5, 0.6) is 0 Å². The van der Waals surface area contributed by atoms with E-state index in [1.807, 2.05) is 18.3 Å². The first-order valence-electron chi connectivity index (χ1n) is 5.04. The minimum absolute atomic E-state index is 0. The quantitative estimate of drug-likeness (QED) is 0.920. The third-order valence-electron chi connectivity index (χ3n) is 2.41. The van der Waals surface area contributed by atoms with Gasteiger partial charge in [0.25, 0.3) is 0 Å². The molecule has 0 aromatic carbocycles. The van der Waals surface area contributed by atoms with Crippen LogP contribution in [0.1, 0.15) is 5.56 Å². The number of nitrogens with zero attached hydrogens (tertiary/aromatic N) is 2. The molecule has 0 saturated carbocycles. The third-order valence-corrected chi connectivity index (χ3v) is 2.41. The highest BCUT2D eigenvalue weighted by Gasteiger charge is 2.04. The second-order valence-corrected chi connectivity index (χ2v) is 3.43. The minimum atomic E-state index is 0. The topological polar surface area (TPSA) is 36.4 Å². The van der Waals surface area contributed by atoms with Gasteiger partial charge in [-0.3, -0.25) is 4.98 Å². The highest BCUT2D eigenvalue weighted by atomic mass is 79.9. The molecule has 0 atom stereocenters. The molecule has 0 aliphatic carbocycles. The Morgan fingerprint density at radius 2 is 2.06 bits per heavy atom. The van der Waals surface area contributed by atoms with Gasteiger partial charge < -0.3 is 10.0 Å². The highest BCUT2D eigenvalue weighted by Crippen LogP contribution is 2.18. The molecule has 0 spiro atoms. The lowest BCUT2D eigenvalue weighted by Crippen LogP contribution is -2.23. The molecule has 1 N–H and O–H groups in total. The number of hydrogen-bond acceptors (Lipinski definition) is 3. The molecule has 0 fully saturated rings. The van der Waals surface area contributed by atoms with Gasteiger partial charge in [0, 0.05) is 31.7 Å². The number of aliphatic hydroxyl groups is 1. The van der Waals surface area contributed by atoms with Crippen LogP contribution in [0.2, 0.25) is 0 Å². The summed E-state index contributed by atoms with van der Waals surface area (Å²) >= 11 is 0. The molecule has 4 heteroatoms. The van der Waals surface area contributed by atoms with E-state index in [9.17, 15) is 0 Å². The highest BCUT2D eigenvalue weighted by molar-refractivity contribution is 8.93. The van der Waals surface area contributed by atoms with Crippen molar-refractivity contribution in [2.75, 3.05) is 19.7 Å². The lowest BCUT2D eigenvalue weighted by molar-refractivity contribution is 0.245. The third kappa shape index (κ3) is 3.18. The van der Waals surface area contributed by atoms with Gasteiger partial charge in [0.05, 0.1) is 6.61 Å². The van der Waals surface area contributed by atoms with E-state index in [0.717, 1.165) is 6.54 Å². The predicted molar refractivity (Wildman–Crippen MR) is 70.3 cm³/mol. The standard InChI is InChI=1S/C12H14N2O.BrH/c15-10-9-14-7-3-12(4-8-14)11-1-5-13-6-2-11;/h1-7,15H,8-10H2;1H. The molecule has 1 aromatic rings. The largest absolute Gasteiger partial charge is 0.395 e. The van der Waals surface area contributed by atoms with Crippen molar-refractivity contribution in [3.63, 3.8) is 0 Å². The van der Waals surface area contributed by atoms with E-state index < -0.39 is 0 Å². The fraction of sp³-hybridized carbons (Fsp3) is 0.250. The van der Waals surface area contributed by atoms with Gasteiger partial charge in [-0.25, -0.2) is 0 Å². The zero-order valence-electron chi connectivity index (χ0n) is 8.91. The minimum Gasteiger partial charge on any atom is -0.395 e. The van der Waals surface area contributed by atoms with Crippen LogP contribution in [-0.2, 0) is 0 Å². The summed E-state index contributed by atoms with van der Waals surface area (Å²) in [6, 6.07) is 4.00. The fourth-order valence-electron chi connectivity index (χ4n) is 1.58. The fourth-order valence-corrected chi connectivity index (χ4v) is 1.58. The first-order valence-corrected chi connectivity index (χ1v) is 5.04. The van der Waals surface area contributed by atoms with E-state index in [4.69, 9.17) is 5.11 Å². The van der Waals surface area contributed by atoms with Crippen LogP contribution in [0.25, 0.3) is 5.57 Å². The number of aromatic nitrogens is 1. The summed E-state index contributed by atoms with van der Waals surface area (Å²) in [5.74, 6) is 0. The molecule has 1 aliphatic rings. The summed E-state index contributed by atoms with van der Waals surface area (Å²) < 4.78 is 0. The Hall–Kier alpha value is -1.13. The first-order chi connectivity index (χ1) is 7.40. The SMILES string of the molecule is Br.OCCN1C=CC(c2ccncc2)=CC1.